The van der Waals surface area contributed by atoms with Gasteiger partial charge in [0.25, 0.3) is 0 Å². The Labute approximate surface area is 124 Å². The Kier molecular flexibility index (Phi) is 5.44. The second-order valence-corrected chi connectivity index (χ2v) is 6.29. The molecule has 0 bridgehead atoms. The molecule has 1 N–H and O–H groups in total. The zero-order valence-corrected chi connectivity index (χ0v) is 13.0. The van der Waals surface area contributed by atoms with E-state index in [9.17, 15) is 0 Å². The lowest BCUT2D eigenvalue weighted by molar-refractivity contribution is 0.448. The first kappa shape index (κ1) is 14.6. The van der Waals surface area contributed by atoms with Crippen LogP contribution in [0.25, 0.3) is 0 Å². The van der Waals surface area contributed by atoms with E-state index in [-0.39, 0.29) is 0 Å². The molecule has 0 amide bonds. The monoisotopic (exact) mass is 293 g/mol. The quantitative estimate of drug-likeness (QED) is 0.784. The number of benzene rings is 1. The van der Waals surface area contributed by atoms with Crippen molar-refractivity contribution < 1.29 is 0 Å². The molecule has 2 aromatic rings. The highest BCUT2D eigenvalue weighted by molar-refractivity contribution is 7.10. The third kappa shape index (κ3) is 4.34. The minimum Gasteiger partial charge on any atom is -0.306 e. The summed E-state index contributed by atoms with van der Waals surface area (Å²) in [5.74, 6) is 0. The molecular weight excluding hydrogens is 274 g/mol. The number of rotatable bonds is 6. The Morgan fingerprint density at radius 3 is 2.53 bits per heavy atom. The van der Waals surface area contributed by atoms with Crippen molar-refractivity contribution in [3.63, 3.8) is 0 Å². The molecule has 1 heterocycles. The Balaban J connectivity index is 1.93. The SMILES string of the molecule is CCC(NC(C)Cc1ccc(Cl)cc1)c1cccs1. The molecule has 0 radical (unpaired) electrons. The lowest BCUT2D eigenvalue weighted by atomic mass is 10.1. The number of hydrogen-bond donors (Lipinski definition) is 1. The average Bonchev–Trinajstić information content (AvgIpc) is 2.92. The van der Waals surface area contributed by atoms with Gasteiger partial charge in [0.1, 0.15) is 0 Å². The normalized spacial score (nSPS) is 14.3. The zero-order chi connectivity index (χ0) is 13.7. The van der Waals surface area contributed by atoms with Gasteiger partial charge in [0.05, 0.1) is 0 Å². The van der Waals surface area contributed by atoms with Gasteiger partial charge in [-0.2, -0.15) is 0 Å². The molecule has 2 atom stereocenters. The molecule has 3 heteroatoms. The highest BCUT2D eigenvalue weighted by Gasteiger charge is 2.13. The van der Waals surface area contributed by atoms with E-state index in [2.05, 4.69) is 48.8 Å². The van der Waals surface area contributed by atoms with Crippen LogP contribution in [0.1, 0.15) is 36.8 Å². The van der Waals surface area contributed by atoms with Crippen molar-refractivity contribution in [3.8, 4) is 0 Å². The Hall–Kier alpha value is -0.830. The summed E-state index contributed by atoms with van der Waals surface area (Å²) in [7, 11) is 0. The molecule has 0 aliphatic heterocycles. The molecule has 0 saturated carbocycles. The van der Waals surface area contributed by atoms with Crippen LogP contribution in [0.15, 0.2) is 41.8 Å². The van der Waals surface area contributed by atoms with Crippen LogP contribution in [0.2, 0.25) is 5.02 Å². The van der Waals surface area contributed by atoms with Crippen molar-refractivity contribution in [2.24, 2.45) is 0 Å². The summed E-state index contributed by atoms with van der Waals surface area (Å²) in [5, 5.41) is 6.65. The van der Waals surface area contributed by atoms with Crippen molar-refractivity contribution >= 4 is 22.9 Å². The summed E-state index contributed by atoms with van der Waals surface area (Å²) in [6.07, 6.45) is 2.14. The third-order valence-corrected chi connectivity index (χ3v) is 4.47. The predicted octanol–water partition coefficient (Wildman–Crippen LogP) is 5.07. The van der Waals surface area contributed by atoms with E-state index in [1.54, 1.807) is 0 Å². The van der Waals surface area contributed by atoms with E-state index < -0.39 is 0 Å². The largest absolute Gasteiger partial charge is 0.306 e. The molecule has 0 fully saturated rings. The third-order valence-electron chi connectivity index (χ3n) is 3.24. The standard InChI is InChI=1S/C16H20ClNS/c1-3-15(16-5-4-10-19-16)18-12(2)11-13-6-8-14(17)9-7-13/h4-10,12,15,18H,3,11H2,1-2H3. The second-order valence-electron chi connectivity index (χ2n) is 4.87. The highest BCUT2D eigenvalue weighted by atomic mass is 35.5. The summed E-state index contributed by atoms with van der Waals surface area (Å²) in [6.45, 7) is 4.47. The van der Waals surface area contributed by atoms with Crippen molar-refractivity contribution in [1.82, 2.24) is 5.32 Å². The summed E-state index contributed by atoms with van der Waals surface area (Å²) >= 11 is 7.73. The minimum absolute atomic E-state index is 0.452. The minimum atomic E-state index is 0.452. The Morgan fingerprint density at radius 1 is 1.21 bits per heavy atom. The number of thiophene rings is 1. The number of nitrogens with one attached hydrogen (secondary N) is 1. The van der Waals surface area contributed by atoms with E-state index in [0.29, 0.717) is 12.1 Å². The van der Waals surface area contributed by atoms with Gasteiger partial charge in [0, 0.05) is 22.0 Å². The van der Waals surface area contributed by atoms with Crippen LogP contribution in [-0.4, -0.2) is 6.04 Å². The van der Waals surface area contributed by atoms with Gasteiger partial charge in [0.15, 0.2) is 0 Å². The lowest BCUT2D eigenvalue weighted by Crippen LogP contribution is -2.31. The van der Waals surface area contributed by atoms with Gasteiger partial charge in [-0.15, -0.1) is 11.3 Å². The fraction of sp³-hybridized carbons (Fsp3) is 0.375. The van der Waals surface area contributed by atoms with Gasteiger partial charge < -0.3 is 5.32 Å². The van der Waals surface area contributed by atoms with Crippen LogP contribution in [0.4, 0.5) is 0 Å². The van der Waals surface area contributed by atoms with Crippen molar-refractivity contribution in [1.29, 1.82) is 0 Å². The molecule has 0 aliphatic rings. The van der Waals surface area contributed by atoms with Crippen LogP contribution in [0.5, 0.6) is 0 Å². The van der Waals surface area contributed by atoms with Gasteiger partial charge in [-0.3, -0.25) is 0 Å². The van der Waals surface area contributed by atoms with Crippen LogP contribution in [0.3, 0.4) is 0 Å². The maximum absolute atomic E-state index is 5.91. The molecule has 0 spiro atoms. The van der Waals surface area contributed by atoms with E-state index in [4.69, 9.17) is 11.6 Å². The van der Waals surface area contributed by atoms with Crippen molar-refractivity contribution in [2.45, 2.75) is 38.8 Å². The summed E-state index contributed by atoms with van der Waals surface area (Å²) in [5.41, 5.74) is 1.32. The number of halogens is 1. The van der Waals surface area contributed by atoms with Gasteiger partial charge in [-0.25, -0.2) is 0 Å². The first-order chi connectivity index (χ1) is 9.19. The van der Waals surface area contributed by atoms with E-state index in [1.165, 1.54) is 10.4 Å². The van der Waals surface area contributed by atoms with Gasteiger partial charge >= 0.3 is 0 Å². The van der Waals surface area contributed by atoms with E-state index >= 15 is 0 Å². The molecule has 1 nitrogen and oxygen atoms in total. The Bertz CT molecular complexity index is 478. The molecular formula is C16H20ClNS. The lowest BCUT2D eigenvalue weighted by Gasteiger charge is -2.21. The van der Waals surface area contributed by atoms with Crippen molar-refractivity contribution in [3.05, 3.63) is 57.2 Å². The van der Waals surface area contributed by atoms with Gasteiger partial charge in [0.2, 0.25) is 0 Å². The maximum atomic E-state index is 5.91. The fourth-order valence-corrected chi connectivity index (χ4v) is 3.26. The van der Waals surface area contributed by atoms with Crippen LogP contribution < -0.4 is 5.32 Å². The zero-order valence-electron chi connectivity index (χ0n) is 11.4. The fourth-order valence-electron chi connectivity index (χ4n) is 2.27. The summed E-state index contributed by atoms with van der Waals surface area (Å²) < 4.78 is 0. The van der Waals surface area contributed by atoms with Crippen LogP contribution >= 0.6 is 22.9 Å². The van der Waals surface area contributed by atoms with Crippen molar-refractivity contribution in [2.75, 3.05) is 0 Å². The molecule has 2 rings (SSSR count). The second kappa shape index (κ2) is 7.09. The maximum Gasteiger partial charge on any atom is 0.0414 e. The number of hydrogen-bond acceptors (Lipinski definition) is 2. The molecule has 0 aliphatic carbocycles. The van der Waals surface area contributed by atoms with Crippen LogP contribution in [-0.2, 0) is 6.42 Å². The molecule has 1 aromatic heterocycles. The first-order valence-electron chi connectivity index (χ1n) is 6.73. The molecule has 0 saturated heterocycles. The molecule has 19 heavy (non-hydrogen) atoms. The highest BCUT2D eigenvalue weighted by Crippen LogP contribution is 2.22. The molecule has 102 valence electrons. The Morgan fingerprint density at radius 2 is 1.95 bits per heavy atom. The topological polar surface area (TPSA) is 12.0 Å². The smallest absolute Gasteiger partial charge is 0.0414 e. The average molecular weight is 294 g/mol. The first-order valence-corrected chi connectivity index (χ1v) is 7.98. The summed E-state index contributed by atoms with van der Waals surface area (Å²) in [4.78, 5) is 1.42. The van der Waals surface area contributed by atoms with E-state index in [0.717, 1.165) is 17.9 Å². The van der Waals surface area contributed by atoms with Gasteiger partial charge in [-0.1, -0.05) is 36.7 Å². The van der Waals surface area contributed by atoms with E-state index in [1.807, 2.05) is 23.5 Å². The predicted molar refractivity (Wildman–Crippen MR) is 85.1 cm³/mol. The van der Waals surface area contributed by atoms with Gasteiger partial charge in [-0.05, 0) is 48.9 Å². The molecule has 2 unspecified atom stereocenters. The molecule has 1 aromatic carbocycles. The van der Waals surface area contributed by atoms with Crippen LogP contribution in [0, 0.1) is 0 Å². The summed E-state index contributed by atoms with van der Waals surface area (Å²) in [6, 6.07) is 13.4.